The van der Waals surface area contributed by atoms with E-state index in [2.05, 4.69) is 4.90 Å². The Labute approximate surface area is 196 Å². The first-order valence-corrected chi connectivity index (χ1v) is 11.1. The Kier molecular flexibility index (Phi) is 6.47. The summed E-state index contributed by atoms with van der Waals surface area (Å²) in [6.07, 6.45) is 0. The minimum Gasteiger partial charge on any atom is -0.503 e. The first kappa shape index (κ1) is 23.2. The molecule has 0 saturated carbocycles. The first-order chi connectivity index (χ1) is 16.3. The van der Waals surface area contributed by atoms with E-state index >= 15 is 0 Å². The summed E-state index contributed by atoms with van der Waals surface area (Å²) in [5.41, 5.74) is 0.547. The van der Waals surface area contributed by atoms with Crippen molar-refractivity contribution in [1.29, 1.82) is 0 Å². The number of Topliss-reactive ketones (excluding diaryl/α,β-unsaturated/α-hetero) is 1. The Morgan fingerprint density at radius 3 is 2.56 bits per heavy atom. The van der Waals surface area contributed by atoms with Gasteiger partial charge in [0.15, 0.2) is 11.5 Å². The molecule has 1 amide bonds. The normalized spacial score (nSPS) is 16.1. The molecule has 0 unspecified atom stereocenters. The second kappa shape index (κ2) is 9.48. The summed E-state index contributed by atoms with van der Waals surface area (Å²) in [6.45, 7) is 6.28. The Bertz CT molecular complexity index is 1260. The Morgan fingerprint density at radius 1 is 1.15 bits per heavy atom. The van der Waals surface area contributed by atoms with Gasteiger partial charge in [0, 0.05) is 30.6 Å². The molecule has 2 aromatic carbocycles. The van der Waals surface area contributed by atoms with Crippen LogP contribution in [0.15, 0.2) is 70.3 Å². The van der Waals surface area contributed by atoms with Crippen molar-refractivity contribution in [2.24, 2.45) is 0 Å². The van der Waals surface area contributed by atoms with Crippen molar-refractivity contribution in [2.75, 3.05) is 26.2 Å². The van der Waals surface area contributed by atoms with Gasteiger partial charge in [-0.15, -0.1) is 0 Å². The highest BCUT2D eigenvalue weighted by atomic mass is 16.6. The number of furan rings is 1. The zero-order valence-electron chi connectivity index (χ0n) is 18.9. The zero-order chi connectivity index (χ0) is 24.4. The molecular weight excluding hydrogens is 438 g/mol. The van der Waals surface area contributed by atoms with Crippen molar-refractivity contribution in [1.82, 2.24) is 9.80 Å². The molecule has 0 bridgehead atoms. The lowest BCUT2D eigenvalue weighted by molar-refractivity contribution is -0.384. The second-order valence-electron chi connectivity index (χ2n) is 8.02. The molecule has 9 nitrogen and oxygen atoms in total. The van der Waals surface area contributed by atoms with Crippen molar-refractivity contribution in [3.05, 3.63) is 87.4 Å². The number of amides is 1. The van der Waals surface area contributed by atoms with E-state index in [4.69, 9.17) is 4.42 Å². The van der Waals surface area contributed by atoms with E-state index in [0.29, 0.717) is 23.1 Å². The molecule has 0 fully saturated rings. The summed E-state index contributed by atoms with van der Waals surface area (Å²) in [5, 5.41) is 22.9. The molecule has 1 atom stereocenters. The van der Waals surface area contributed by atoms with Crippen LogP contribution in [0, 0.1) is 10.1 Å². The van der Waals surface area contributed by atoms with Crippen LogP contribution < -0.4 is 0 Å². The number of nitrogens with zero attached hydrogens (tertiary/aromatic N) is 3. The van der Waals surface area contributed by atoms with E-state index in [1.165, 1.54) is 23.1 Å². The first-order valence-electron chi connectivity index (χ1n) is 11.1. The number of aliphatic hydroxyl groups excluding tert-OH is 1. The predicted molar refractivity (Wildman–Crippen MR) is 126 cm³/mol. The molecule has 1 aliphatic rings. The molecule has 0 spiro atoms. The van der Waals surface area contributed by atoms with Gasteiger partial charge < -0.3 is 19.3 Å². The average molecular weight is 463 g/mol. The SMILES string of the molecule is CCN(CC)CCN1C(=O)C(O)=C(C(=O)c2cc3ccccc3o2)[C@@H]1c1cccc([N+](=O)[O-])c1. The molecule has 1 aliphatic heterocycles. The predicted octanol–water partition coefficient (Wildman–Crippen LogP) is 4.26. The number of nitro benzene ring substituents is 1. The highest BCUT2D eigenvalue weighted by molar-refractivity contribution is 6.16. The minimum atomic E-state index is -0.983. The summed E-state index contributed by atoms with van der Waals surface area (Å²) < 4.78 is 5.70. The molecule has 0 radical (unpaired) electrons. The number of non-ortho nitro benzene ring substituents is 1. The van der Waals surface area contributed by atoms with Crippen molar-refractivity contribution < 1.29 is 24.0 Å². The van der Waals surface area contributed by atoms with Crippen molar-refractivity contribution in [2.45, 2.75) is 19.9 Å². The van der Waals surface area contributed by atoms with E-state index in [0.717, 1.165) is 13.1 Å². The fraction of sp³-hybridized carbons (Fsp3) is 0.280. The molecule has 0 aliphatic carbocycles. The number of aliphatic hydroxyl groups is 1. The van der Waals surface area contributed by atoms with Crippen LogP contribution in [0.25, 0.3) is 11.0 Å². The molecule has 1 N–H and O–H groups in total. The van der Waals surface area contributed by atoms with Gasteiger partial charge in [-0.2, -0.15) is 0 Å². The number of likely N-dealkylation sites (N-methyl/N-ethyl adjacent to an activating group) is 1. The van der Waals surface area contributed by atoms with Gasteiger partial charge in [-0.1, -0.05) is 44.2 Å². The Balaban J connectivity index is 1.78. The Hall–Kier alpha value is -3.98. The van der Waals surface area contributed by atoms with Crippen LogP contribution in [-0.4, -0.2) is 57.7 Å². The van der Waals surface area contributed by atoms with Gasteiger partial charge in [0.25, 0.3) is 11.6 Å². The molecule has 0 saturated heterocycles. The lowest BCUT2D eigenvalue weighted by Gasteiger charge is -2.29. The van der Waals surface area contributed by atoms with Crippen molar-refractivity contribution >= 4 is 28.3 Å². The smallest absolute Gasteiger partial charge is 0.290 e. The van der Waals surface area contributed by atoms with Crippen LogP contribution in [0.5, 0.6) is 0 Å². The molecular formula is C25H25N3O6. The maximum atomic E-state index is 13.5. The van der Waals surface area contributed by atoms with Crippen LogP contribution in [0.2, 0.25) is 0 Å². The number of fused-ring (bicyclic) bond motifs is 1. The third-order valence-electron chi connectivity index (χ3n) is 6.15. The monoisotopic (exact) mass is 463 g/mol. The van der Waals surface area contributed by atoms with Crippen LogP contribution in [-0.2, 0) is 4.79 Å². The molecule has 2 heterocycles. The van der Waals surface area contributed by atoms with E-state index in [9.17, 15) is 24.8 Å². The lowest BCUT2D eigenvalue weighted by atomic mass is 9.94. The third-order valence-corrected chi connectivity index (χ3v) is 6.15. The van der Waals surface area contributed by atoms with Gasteiger partial charge >= 0.3 is 0 Å². The fourth-order valence-corrected chi connectivity index (χ4v) is 4.29. The summed E-state index contributed by atoms with van der Waals surface area (Å²) in [4.78, 5) is 41.0. The van der Waals surface area contributed by atoms with E-state index in [1.807, 2.05) is 19.9 Å². The third kappa shape index (κ3) is 4.17. The number of hydrogen-bond acceptors (Lipinski definition) is 7. The maximum Gasteiger partial charge on any atom is 0.290 e. The fourth-order valence-electron chi connectivity index (χ4n) is 4.29. The van der Waals surface area contributed by atoms with Gasteiger partial charge in [0.2, 0.25) is 5.78 Å². The van der Waals surface area contributed by atoms with Gasteiger partial charge in [0.05, 0.1) is 16.5 Å². The summed E-state index contributed by atoms with van der Waals surface area (Å²) >= 11 is 0. The van der Waals surface area contributed by atoms with Crippen molar-refractivity contribution in [3.63, 3.8) is 0 Å². The minimum absolute atomic E-state index is 0.0171. The summed E-state index contributed by atoms with van der Waals surface area (Å²) in [6, 6.07) is 13.4. The van der Waals surface area contributed by atoms with Gasteiger partial charge in [-0.05, 0) is 30.8 Å². The lowest BCUT2D eigenvalue weighted by Crippen LogP contribution is -2.38. The maximum absolute atomic E-state index is 13.5. The van der Waals surface area contributed by atoms with Gasteiger partial charge in [0.1, 0.15) is 5.58 Å². The average Bonchev–Trinajstić information content (AvgIpc) is 3.39. The van der Waals surface area contributed by atoms with E-state index < -0.39 is 28.4 Å². The molecule has 9 heteroatoms. The quantitative estimate of drug-likeness (QED) is 0.286. The summed E-state index contributed by atoms with van der Waals surface area (Å²) in [5.74, 6) is -2.01. The van der Waals surface area contributed by atoms with Gasteiger partial charge in [-0.25, -0.2) is 0 Å². The van der Waals surface area contributed by atoms with Crippen LogP contribution in [0.1, 0.15) is 36.0 Å². The van der Waals surface area contributed by atoms with Crippen molar-refractivity contribution in [3.8, 4) is 0 Å². The number of nitro groups is 1. The van der Waals surface area contributed by atoms with Gasteiger partial charge in [-0.3, -0.25) is 19.7 Å². The van der Waals surface area contributed by atoms with Crippen LogP contribution >= 0.6 is 0 Å². The second-order valence-corrected chi connectivity index (χ2v) is 8.02. The largest absolute Gasteiger partial charge is 0.503 e. The van der Waals surface area contributed by atoms with Crippen LogP contribution in [0.3, 0.4) is 0 Å². The molecule has 4 rings (SSSR count). The standard InChI is InChI=1S/C25H25N3O6/c1-3-26(4-2)12-13-27-22(17-9-7-10-18(14-17)28(32)33)21(24(30)25(27)31)23(29)20-15-16-8-5-6-11-19(16)34-20/h5-11,14-15,22,30H,3-4,12-13H2,1-2H3/t22-/m0/s1. The van der Waals surface area contributed by atoms with Crippen LogP contribution in [0.4, 0.5) is 5.69 Å². The molecule has 34 heavy (non-hydrogen) atoms. The van der Waals surface area contributed by atoms with E-state index in [-0.39, 0.29) is 23.6 Å². The number of carbonyl (C=O) groups is 2. The molecule has 1 aromatic heterocycles. The molecule has 176 valence electrons. The highest BCUT2D eigenvalue weighted by Crippen LogP contribution is 2.40. The topological polar surface area (TPSA) is 117 Å². The number of benzene rings is 2. The zero-order valence-corrected chi connectivity index (χ0v) is 18.9. The number of ketones is 1. The number of carbonyl (C=O) groups excluding carboxylic acids is 2. The number of para-hydroxylation sites is 1. The Morgan fingerprint density at radius 2 is 1.88 bits per heavy atom. The highest BCUT2D eigenvalue weighted by Gasteiger charge is 2.44. The number of hydrogen-bond donors (Lipinski definition) is 1. The number of rotatable bonds is 9. The molecule has 3 aromatic rings. The summed E-state index contributed by atoms with van der Waals surface area (Å²) in [7, 11) is 0. The van der Waals surface area contributed by atoms with E-state index in [1.54, 1.807) is 30.3 Å².